The van der Waals surface area contributed by atoms with Gasteiger partial charge in [-0.25, -0.2) is 0 Å². The van der Waals surface area contributed by atoms with Crippen molar-refractivity contribution in [2.45, 2.75) is 38.3 Å². The molecule has 2 nitrogen and oxygen atoms in total. The molecular formula is C7H13NO. The van der Waals surface area contributed by atoms with Crippen LogP contribution in [0.25, 0.3) is 0 Å². The fourth-order valence-corrected chi connectivity index (χ4v) is 1.28. The topological polar surface area (TPSA) is 29.1 Å². The summed E-state index contributed by atoms with van der Waals surface area (Å²) < 4.78 is 0. The lowest BCUT2D eigenvalue weighted by Gasteiger charge is -2.05. The molecule has 0 aliphatic carbocycles. The normalized spacial score (nSPS) is 34.8. The third-order valence-electron chi connectivity index (χ3n) is 1.93. The van der Waals surface area contributed by atoms with Gasteiger partial charge in [-0.3, -0.25) is 0 Å². The Balaban J connectivity index is 2.28. The van der Waals surface area contributed by atoms with E-state index in [4.69, 9.17) is 0 Å². The molecule has 2 heteroatoms. The van der Waals surface area contributed by atoms with Gasteiger partial charge in [-0.2, -0.15) is 0 Å². The van der Waals surface area contributed by atoms with Crippen LogP contribution >= 0.6 is 0 Å². The molecular weight excluding hydrogens is 114 g/mol. The second-order valence-corrected chi connectivity index (χ2v) is 2.59. The highest BCUT2D eigenvalue weighted by molar-refractivity contribution is 5.58. The molecule has 0 radical (unpaired) electrons. The quantitative estimate of drug-likeness (QED) is 0.554. The van der Waals surface area contributed by atoms with Crippen LogP contribution in [0.4, 0.5) is 0 Å². The van der Waals surface area contributed by atoms with Crippen LogP contribution in [-0.2, 0) is 4.79 Å². The summed E-state index contributed by atoms with van der Waals surface area (Å²) in [7, 11) is 0. The van der Waals surface area contributed by atoms with Crippen molar-refractivity contribution in [2.24, 2.45) is 0 Å². The van der Waals surface area contributed by atoms with E-state index in [1.54, 1.807) is 0 Å². The van der Waals surface area contributed by atoms with Crippen molar-refractivity contribution in [1.29, 1.82) is 0 Å². The zero-order valence-corrected chi connectivity index (χ0v) is 5.76. The number of nitrogens with one attached hydrogen (secondary N) is 1. The van der Waals surface area contributed by atoms with Crippen molar-refractivity contribution < 1.29 is 4.79 Å². The molecule has 1 rings (SSSR count). The molecule has 1 saturated heterocycles. The minimum atomic E-state index is 0.148. The van der Waals surface area contributed by atoms with E-state index in [2.05, 4.69) is 12.2 Å². The highest BCUT2D eigenvalue weighted by Crippen LogP contribution is 2.12. The Labute approximate surface area is 55.6 Å². The summed E-state index contributed by atoms with van der Waals surface area (Å²) in [6.45, 7) is 2.14. The van der Waals surface area contributed by atoms with Crippen LogP contribution in [0.15, 0.2) is 0 Å². The summed E-state index contributed by atoms with van der Waals surface area (Å²) in [5.41, 5.74) is 0. The van der Waals surface area contributed by atoms with Gasteiger partial charge in [0.25, 0.3) is 0 Å². The van der Waals surface area contributed by atoms with E-state index in [0.717, 1.165) is 19.1 Å². The molecule has 52 valence electrons. The maximum atomic E-state index is 10.2. The van der Waals surface area contributed by atoms with Crippen molar-refractivity contribution in [3.05, 3.63) is 0 Å². The van der Waals surface area contributed by atoms with Crippen LogP contribution in [0.3, 0.4) is 0 Å². The third-order valence-corrected chi connectivity index (χ3v) is 1.93. The highest BCUT2D eigenvalue weighted by Gasteiger charge is 2.20. The molecule has 0 bridgehead atoms. The fourth-order valence-electron chi connectivity index (χ4n) is 1.28. The number of hydrogen-bond donors (Lipinski definition) is 1. The summed E-state index contributed by atoms with van der Waals surface area (Å²) in [4.78, 5) is 10.2. The van der Waals surface area contributed by atoms with E-state index in [-0.39, 0.29) is 6.04 Å². The minimum Gasteiger partial charge on any atom is -0.305 e. The summed E-state index contributed by atoms with van der Waals surface area (Å²) >= 11 is 0. The summed E-state index contributed by atoms with van der Waals surface area (Å²) in [5.74, 6) is 0. The van der Waals surface area contributed by atoms with E-state index in [0.29, 0.717) is 6.04 Å². The standard InChI is InChI=1S/C7H13NO/c1-2-6-3-4-7(5-9)8-6/h5-8H,2-4H2,1H3/t6-,7-/m0/s1. The van der Waals surface area contributed by atoms with Gasteiger partial charge in [-0.05, 0) is 19.3 Å². The molecule has 0 spiro atoms. The molecule has 0 saturated carbocycles. The van der Waals surface area contributed by atoms with E-state index in [1.165, 1.54) is 6.42 Å². The molecule has 0 unspecified atom stereocenters. The maximum absolute atomic E-state index is 10.2. The van der Waals surface area contributed by atoms with Crippen LogP contribution in [0, 0.1) is 0 Å². The fraction of sp³-hybridized carbons (Fsp3) is 0.857. The predicted molar refractivity (Wildman–Crippen MR) is 36.3 cm³/mol. The molecule has 1 fully saturated rings. The highest BCUT2D eigenvalue weighted by atomic mass is 16.1. The SMILES string of the molecule is CC[C@H]1CC[C@@H](C=O)N1. The Kier molecular flexibility index (Phi) is 2.22. The van der Waals surface area contributed by atoms with Gasteiger partial charge in [-0.1, -0.05) is 6.92 Å². The Morgan fingerprint density at radius 1 is 1.67 bits per heavy atom. The summed E-state index contributed by atoms with van der Waals surface area (Å²) in [6.07, 6.45) is 4.35. The van der Waals surface area contributed by atoms with E-state index < -0.39 is 0 Å². The van der Waals surface area contributed by atoms with Gasteiger partial charge in [0.15, 0.2) is 0 Å². The average Bonchev–Trinajstić information content (AvgIpc) is 2.34. The minimum absolute atomic E-state index is 0.148. The van der Waals surface area contributed by atoms with Crippen LogP contribution in [-0.4, -0.2) is 18.4 Å². The van der Waals surface area contributed by atoms with Crippen molar-refractivity contribution in [2.75, 3.05) is 0 Å². The lowest BCUT2D eigenvalue weighted by atomic mass is 10.2. The zero-order valence-electron chi connectivity index (χ0n) is 5.76. The van der Waals surface area contributed by atoms with Crippen molar-refractivity contribution in [3.8, 4) is 0 Å². The molecule has 1 heterocycles. The summed E-state index contributed by atoms with van der Waals surface area (Å²) in [6, 6.07) is 0.746. The molecule has 2 atom stereocenters. The Morgan fingerprint density at radius 3 is 2.78 bits per heavy atom. The van der Waals surface area contributed by atoms with Gasteiger partial charge >= 0.3 is 0 Å². The van der Waals surface area contributed by atoms with Crippen molar-refractivity contribution >= 4 is 6.29 Å². The Bertz CT molecular complexity index is 103. The number of hydrogen-bond acceptors (Lipinski definition) is 2. The second kappa shape index (κ2) is 2.97. The average molecular weight is 127 g/mol. The third kappa shape index (κ3) is 1.52. The first-order chi connectivity index (χ1) is 4.36. The lowest BCUT2D eigenvalue weighted by Crippen LogP contribution is -2.29. The maximum Gasteiger partial charge on any atom is 0.136 e. The first kappa shape index (κ1) is 6.75. The monoisotopic (exact) mass is 127 g/mol. The van der Waals surface area contributed by atoms with Gasteiger partial charge in [0, 0.05) is 6.04 Å². The molecule has 9 heavy (non-hydrogen) atoms. The molecule has 1 aliphatic heterocycles. The van der Waals surface area contributed by atoms with E-state index in [9.17, 15) is 4.79 Å². The van der Waals surface area contributed by atoms with E-state index in [1.807, 2.05) is 0 Å². The van der Waals surface area contributed by atoms with Crippen LogP contribution in [0.1, 0.15) is 26.2 Å². The van der Waals surface area contributed by atoms with Crippen LogP contribution < -0.4 is 5.32 Å². The molecule has 0 amide bonds. The molecule has 1 aliphatic rings. The number of carbonyl (C=O) groups is 1. The predicted octanol–water partition coefficient (Wildman–Crippen LogP) is 0.716. The second-order valence-electron chi connectivity index (χ2n) is 2.59. The van der Waals surface area contributed by atoms with Gasteiger partial charge in [0.2, 0.25) is 0 Å². The van der Waals surface area contributed by atoms with Crippen LogP contribution in [0.2, 0.25) is 0 Å². The van der Waals surface area contributed by atoms with Gasteiger partial charge in [0.05, 0.1) is 6.04 Å². The number of rotatable bonds is 2. The molecule has 0 aromatic rings. The zero-order chi connectivity index (χ0) is 6.69. The van der Waals surface area contributed by atoms with Gasteiger partial charge < -0.3 is 10.1 Å². The Hall–Kier alpha value is -0.370. The Morgan fingerprint density at radius 2 is 2.44 bits per heavy atom. The first-order valence-corrected chi connectivity index (χ1v) is 3.58. The van der Waals surface area contributed by atoms with E-state index >= 15 is 0 Å². The van der Waals surface area contributed by atoms with Crippen LogP contribution in [0.5, 0.6) is 0 Å². The van der Waals surface area contributed by atoms with Gasteiger partial charge in [-0.15, -0.1) is 0 Å². The van der Waals surface area contributed by atoms with Gasteiger partial charge in [0.1, 0.15) is 6.29 Å². The first-order valence-electron chi connectivity index (χ1n) is 3.58. The molecule has 0 aromatic heterocycles. The number of aldehydes is 1. The smallest absolute Gasteiger partial charge is 0.136 e. The molecule has 1 N–H and O–H groups in total. The lowest BCUT2D eigenvalue weighted by molar-refractivity contribution is -0.109. The summed E-state index contributed by atoms with van der Waals surface area (Å²) in [5, 5.41) is 3.22. The van der Waals surface area contributed by atoms with Crippen molar-refractivity contribution in [1.82, 2.24) is 5.32 Å². The van der Waals surface area contributed by atoms with Crippen molar-refractivity contribution in [3.63, 3.8) is 0 Å². The largest absolute Gasteiger partial charge is 0.305 e. The number of carbonyl (C=O) groups excluding carboxylic acids is 1. The molecule has 0 aromatic carbocycles.